The molecule has 0 amide bonds. The Bertz CT molecular complexity index is 580. The molecule has 2 heterocycles. The summed E-state index contributed by atoms with van der Waals surface area (Å²) in [7, 11) is 0. The highest BCUT2D eigenvalue weighted by atomic mass is 79.9. The number of hydrogen-bond acceptors (Lipinski definition) is 4. The van der Waals surface area contributed by atoms with Crippen LogP contribution in [0.3, 0.4) is 0 Å². The van der Waals surface area contributed by atoms with Crippen LogP contribution in [0.4, 0.5) is 16.0 Å². The van der Waals surface area contributed by atoms with Gasteiger partial charge in [-0.15, -0.1) is 0 Å². The maximum absolute atomic E-state index is 13.0. The number of benzene rings is 1. The van der Waals surface area contributed by atoms with E-state index in [1.54, 1.807) is 0 Å². The fourth-order valence-electron chi connectivity index (χ4n) is 2.40. The van der Waals surface area contributed by atoms with Gasteiger partial charge in [-0.05, 0) is 29.8 Å². The van der Waals surface area contributed by atoms with Crippen molar-refractivity contribution in [2.24, 2.45) is 0 Å². The standard InChI is InChI=1S/C15H16BrFN4/c16-9-12-10-18-15(19-11-12)21-7-5-20(6-8-21)14-3-1-13(17)2-4-14/h1-4,10-11H,5-9H2. The zero-order valence-corrected chi connectivity index (χ0v) is 13.1. The van der Waals surface area contributed by atoms with Crippen LogP contribution in [-0.4, -0.2) is 36.1 Å². The maximum Gasteiger partial charge on any atom is 0.225 e. The zero-order chi connectivity index (χ0) is 14.7. The summed E-state index contributed by atoms with van der Waals surface area (Å²) < 4.78 is 13.0. The van der Waals surface area contributed by atoms with Gasteiger partial charge in [-0.3, -0.25) is 0 Å². The third-order valence-electron chi connectivity index (χ3n) is 3.60. The SMILES string of the molecule is Fc1ccc(N2CCN(c3ncc(CBr)cn3)CC2)cc1. The first-order valence-electron chi connectivity index (χ1n) is 6.88. The molecule has 3 rings (SSSR count). The van der Waals surface area contributed by atoms with Crippen molar-refractivity contribution in [3.63, 3.8) is 0 Å². The largest absolute Gasteiger partial charge is 0.368 e. The molecule has 1 aliphatic rings. The highest BCUT2D eigenvalue weighted by molar-refractivity contribution is 9.08. The van der Waals surface area contributed by atoms with Crippen molar-refractivity contribution in [3.05, 3.63) is 48.0 Å². The van der Waals surface area contributed by atoms with E-state index in [1.807, 2.05) is 24.5 Å². The Morgan fingerprint density at radius 3 is 2.10 bits per heavy atom. The minimum atomic E-state index is -0.197. The molecule has 2 aromatic rings. The Morgan fingerprint density at radius 1 is 0.952 bits per heavy atom. The predicted molar refractivity (Wildman–Crippen MR) is 85.5 cm³/mol. The fraction of sp³-hybridized carbons (Fsp3) is 0.333. The van der Waals surface area contributed by atoms with Gasteiger partial charge in [0.1, 0.15) is 5.82 Å². The van der Waals surface area contributed by atoms with Gasteiger partial charge in [0.2, 0.25) is 5.95 Å². The van der Waals surface area contributed by atoms with E-state index in [-0.39, 0.29) is 5.82 Å². The number of aromatic nitrogens is 2. The van der Waals surface area contributed by atoms with Crippen molar-refractivity contribution in [2.75, 3.05) is 36.0 Å². The van der Waals surface area contributed by atoms with E-state index in [9.17, 15) is 4.39 Å². The molecule has 0 saturated carbocycles. The molecule has 0 bridgehead atoms. The number of piperazine rings is 1. The fourth-order valence-corrected chi connectivity index (χ4v) is 2.69. The first-order chi connectivity index (χ1) is 10.3. The Labute approximate surface area is 131 Å². The molecule has 0 spiro atoms. The van der Waals surface area contributed by atoms with Crippen LogP contribution >= 0.6 is 15.9 Å². The van der Waals surface area contributed by atoms with Crippen molar-refractivity contribution >= 4 is 27.6 Å². The summed E-state index contributed by atoms with van der Waals surface area (Å²) in [6.07, 6.45) is 3.70. The Hall–Kier alpha value is -1.69. The smallest absolute Gasteiger partial charge is 0.225 e. The Kier molecular flexibility index (Phi) is 4.34. The molecule has 1 aromatic carbocycles. The summed E-state index contributed by atoms with van der Waals surface area (Å²) in [5.41, 5.74) is 2.13. The van der Waals surface area contributed by atoms with Crippen LogP contribution in [0.2, 0.25) is 0 Å². The Morgan fingerprint density at radius 2 is 1.52 bits per heavy atom. The first kappa shape index (κ1) is 14.3. The molecular weight excluding hydrogens is 335 g/mol. The summed E-state index contributed by atoms with van der Waals surface area (Å²) >= 11 is 3.39. The number of nitrogens with zero attached hydrogens (tertiary/aromatic N) is 4. The number of anilines is 2. The van der Waals surface area contributed by atoms with Crippen molar-refractivity contribution < 1.29 is 4.39 Å². The second kappa shape index (κ2) is 6.39. The summed E-state index contributed by atoms with van der Waals surface area (Å²) in [6.45, 7) is 3.50. The van der Waals surface area contributed by atoms with Gasteiger partial charge in [-0.1, -0.05) is 15.9 Å². The average Bonchev–Trinajstić information content (AvgIpc) is 2.56. The van der Waals surface area contributed by atoms with Gasteiger partial charge in [0.15, 0.2) is 0 Å². The monoisotopic (exact) mass is 350 g/mol. The zero-order valence-electron chi connectivity index (χ0n) is 11.5. The van der Waals surface area contributed by atoms with E-state index in [1.165, 1.54) is 12.1 Å². The number of rotatable bonds is 3. The Balaban J connectivity index is 1.62. The summed E-state index contributed by atoms with van der Waals surface area (Å²) in [6, 6.07) is 6.66. The van der Waals surface area contributed by atoms with Crippen LogP contribution in [0.15, 0.2) is 36.7 Å². The lowest BCUT2D eigenvalue weighted by Gasteiger charge is -2.36. The molecule has 0 radical (unpaired) electrons. The lowest BCUT2D eigenvalue weighted by Crippen LogP contribution is -2.47. The van der Waals surface area contributed by atoms with E-state index in [2.05, 4.69) is 35.7 Å². The molecule has 1 aromatic heterocycles. The van der Waals surface area contributed by atoms with Gasteiger partial charge in [0.05, 0.1) is 0 Å². The van der Waals surface area contributed by atoms with Crippen molar-refractivity contribution in [2.45, 2.75) is 5.33 Å². The molecule has 21 heavy (non-hydrogen) atoms. The van der Waals surface area contributed by atoms with Crippen molar-refractivity contribution in [3.8, 4) is 0 Å². The highest BCUT2D eigenvalue weighted by Gasteiger charge is 2.19. The second-order valence-corrected chi connectivity index (χ2v) is 5.54. The highest BCUT2D eigenvalue weighted by Crippen LogP contribution is 2.18. The number of hydrogen-bond donors (Lipinski definition) is 0. The summed E-state index contributed by atoms with van der Waals surface area (Å²) in [4.78, 5) is 13.2. The van der Waals surface area contributed by atoms with Crippen LogP contribution in [0.5, 0.6) is 0 Å². The van der Waals surface area contributed by atoms with Gasteiger partial charge in [-0.25, -0.2) is 14.4 Å². The van der Waals surface area contributed by atoms with Gasteiger partial charge in [0, 0.05) is 49.6 Å². The quantitative estimate of drug-likeness (QED) is 0.796. The molecule has 1 aliphatic heterocycles. The molecule has 6 heteroatoms. The summed E-state index contributed by atoms with van der Waals surface area (Å²) in [5.74, 6) is 0.580. The van der Waals surface area contributed by atoms with Gasteiger partial charge in [-0.2, -0.15) is 0 Å². The van der Waals surface area contributed by atoms with E-state index < -0.39 is 0 Å². The average molecular weight is 351 g/mol. The van der Waals surface area contributed by atoms with Crippen LogP contribution in [0.25, 0.3) is 0 Å². The third-order valence-corrected chi connectivity index (χ3v) is 4.25. The molecule has 0 unspecified atom stereocenters. The normalized spacial score (nSPS) is 15.3. The molecule has 1 saturated heterocycles. The third kappa shape index (κ3) is 3.32. The van der Waals surface area contributed by atoms with Crippen LogP contribution in [0, 0.1) is 5.82 Å². The van der Waals surface area contributed by atoms with Crippen LogP contribution in [0.1, 0.15) is 5.56 Å². The van der Waals surface area contributed by atoms with Gasteiger partial charge in [0.25, 0.3) is 0 Å². The van der Waals surface area contributed by atoms with Crippen LogP contribution < -0.4 is 9.80 Å². The predicted octanol–water partition coefficient (Wildman–Crippen LogP) is 2.84. The molecule has 0 N–H and O–H groups in total. The molecule has 110 valence electrons. The number of halogens is 2. The van der Waals surface area contributed by atoms with Crippen LogP contribution in [-0.2, 0) is 5.33 Å². The molecule has 0 aliphatic carbocycles. The second-order valence-electron chi connectivity index (χ2n) is 4.98. The minimum absolute atomic E-state index is 0.197. The van der Waals surface area contributed by atoms with Gasteiger partial charge < -0.3 is 9.80 Å². The molecule has 1 fully saturated rings. The minimum Gasteiger partial charge on any atom is -0.368 e. The lowest BCUT2D eigenvalue weighted by atomic mass is 10.2. The maximum atomic E-state index is 13.0. The van der Waals surface area contributed by atoms with Gasteiger partial charge >= 0.3 is 0 Å². The lowest BCUT2D eigenvalue weighted by molar-refractivity contribution is 0.623. The van der Waals surface area contributed by atoms with Crippen molar-refractivity contribution in [1.29, 1.82) is 0 Å². The van der Waals surface area contributed by atoms with E-state index in [0.717, 1.165) is 48.7 Å². The van der Waals surface area contributed by atoms with E-state index in [4.69, 9.17) is 0 Å². The van der Waals surface area contributed by atoms with E-state index >= 15 is 0 Å². The van der Waals surface area contributed by atoms with E-state index in [0.29, 0.717) is 0 Å². The number of alkyl halides is 1. The van der Waals surface area contributed by atoms with Crippen molar-refractivity contribution in [1.82, 2.24) is 9.97 Å². The topological polar surface area (TPSA) is 32.3 Å². The molecular formula is C15H16BrFN4. The first-order valence-corrected chi connectivity index (χ1v) is 8.01. The molecule has 4 nitrogen and oxygen atoms in total. The molecule has 0 atom stereocenters. The summed E-state index contributed by atoms with van der Waals surface area (Å²) in [5, 5.41) is 0.769.